The Bertz CT molecular complexity index is 760. The second-order valence-corrected chi connectivity index (χ2v) is 8.19. The number of H-pyrrole nitrogens is 1. The van der Waals surface area contributed by atoms with E-state index in [2.05, 4.69) is 20.5 Å². The first-order chi connectivity index (χ1) is 11.4. The fourth-order valence-electron chi connectivity index (χ4n) is 1.84. The van der Waals surface area contributed by atoms with E-state index in [1.807, 2.05) is 6.92 Å². The molecule has 0 atom stereocenters. The summed E-state index contributed by atoms with van der Waals surface area (Å²) in [6.07, 6.45) is 1.41. The number of hydrogen-bond acceptors (Lipinski definition) is 6. The number of nitrogens with zero attached hydrogens (tertiary/aromatic N) is 3. The maximum atomic E-state index is 12.4. The van der Waals surface area contributed by atoms with Crippen molar-refractivity contribution in [1.82, 2.24) is 24.8 Å². The second-order valence-electron chi connectivity index (χ2n) is 5.06. The van der Waals surface area contributed by atoms with Gasteiger partial charge in [-0.3, -0.25) is 9.89 Å². The largest absolute Gasteiger partial charge is 0.354 e. The van der Waals surface area contributed by atoms with E-state index in [4.69, 9.17) is 0 Å². The summed E-state index contributed by atoms with van der Waals surface area (Å²) in [5.41, 5.74) is 0.971. The Labute approximate surface area is 145 Å². The lowest BCUT2D eigenvalue weighted by atomic mass is 10.2. The number of amides is 1. The number of aryl methyl sites for hydroxylation is 1. The molecule has 10 heteroatoms. The van der Waals surface area contributed by atoms with Crippen LogP contribution in [0.5, 0.6) is 0 Å². The molecule has 1 aromatic heterocycles. The third kappa shape index (κ3) is 5.05. The second kappa shape index (κ2) is 8.27. The molecule has 0 unspecified atom stereocenters. The Morgan fingerprint density at radius 1 is 1.33 bits per heavy atom. The molecule has 2 N–H and O–H groups in total. The van der Waals surface area contributed by atoms with Crippen LogP contribution in [0.25, 0.3) is 0 Å². The molecule has 130 valence electrons. The Morgan fingerprint density at radius 3 is 2.67 bits per heavy atom. The maximum Gasteiger partial charge on any atom is 0.243 e. The van der Waals surface area contributed by atoms with Crippen LogP contribution in [0.3, 0.4) is 0 Å². The summed E-state index contributed by atoms with van der Waals surface area (Å²) in [6.45, 7) is 2.05. The minimum atomic E-state index is -3.67. The fourth-order valence-corrected chi connectivity index (χ4v) is 3.60. The fraction of sp³-hybridized carbons (Fsp3) is 0.357. The van der Waals surface area contributed by atoms with Crippen molar-refractivity contribution < 1.29 is 13.2 Å². The number of likely N-dealkylation sites (N-methyl/N-ethyl adjacent to an activating group) is 1. The third-order valence-corrected chi connectivity index (χ3v) is 5.85. The van der Waals surface area contributed by atoms with Gasteiger partial charge in [0.25, 0.3) is 0 Å². The number of aromatic amines is 1. The number of carbonyl (C=O) groups excluding carboxylic acids is 1. The summed E-state index contributed by atoms with van der Waals surface area (Å²) in [5, 5.41) is 9.77. The van der Waals surface area contributed by atoms with E-state index in [9.17, 15) is 13.2 Å². The lowest BCUT2D eigenvalue weighted by Gasteiger charge is -2.17. The van der Waals surface area contributed by atoms with E-state index >= 15 is 0 Å². The molecule has 2 rings (SSSR count). The molecule has 2 aromatic rings. The Kier molecular flexibility index (Phi) is 6.35. The van der Waals surface area contributed by atoms with Crippen molar-refractivity contribution in [3.8, 4) is 0 Å². The van der Waals surface area contributed by atoms with Gasteiger partial charge in [-0.15, -0.1) is 0 Å². The molecular formula is C14H19N5O3S2. The molecule has 1 aromatic carbocycles. The van der Waals surface area contributed by atoms with Gasteiger partial charge in [0, 0.05) is 19.3 Å². The molecule has 0 fully saturated rings. The Balaban J connectivity index is 1.80. The van der Waals surface area contributed by atoms with E-state index in [-0.39, 0.29) is 17.3 Å². The molecular weight excluding hydrogens is 350 g/mol. The zero-order chi connectivity index (χ0) is 17.6. The van der Waals surface area contributed by atoms with Gasteiger partial charge in [-0.05, 0) is 19.1 Å². The van der Waals surface area contributed by atoms with Gasteiger partial charge in [0.2, 0.25) is 15.9 Å². The number of carbonyl (C=O) groups is 1. The zero-order valence-corrected chi connectivity index (χ0v) is 15.0. The minimum Gasteiger partial charge on any atom is -0.354 e. The van der Waals surface area contributed by atoms with Gasteiger partial charge in [-0.2, -0.15) is 9.40 Å². The topological polar surface area (TPSA) is 108 Å². The van der Waals surface area contributed by atoms with Gasteiger partial charge in [-0.1, -0.05) is 29.5 Å². The van der Waals surface area contributed by atoms with Crippen molar-refractivity contribution >= 4 is 27.7 Å². The van der Waals surface area contributed by atoms with Gasteiger partial charge in [-0.25, -0.2) is 13.4 Å². The number of nitrogens with one attached hydrogen (secondary N) is 2. The van der Waals surface area contributed by atoms with Crippen LogP contribution in [0.2, 0.25) is 0 Å². The van der Waals surface area contributed by atoms with Crippen LogP contribution in [0.4, 0.5) is 0 Å². The average molecular weight is 369 g/mol. The summed E-state index contributed by atoms with van der Waals surface area (Å²) >= 11 is 1.42. The van der Waals surface area contributed by atoms with E-state index in [0.29, 0.717) is 17.5 Å². The SMILES string of the molecule is Cc1ccc(S(=O)(=O)N(C)CC(=O)NCCSc2ncn[nH]2)cc1. The smallest absolute Gasteiger partial charge is 0.243 e. The van der Waals surface area contributed by atoms with Crippen LogP contribution in [-0.4, -0.2) is 59.7 Å². The lowest BCUT2D eigenvalue weighted by molar-refractivity contribution is -0.121. The van der Waals surface area contributed by atoms with Gasteiger partial charge in [0.05, 0.1) is 11.4 Å². The summed E-state index contributed by atoms with van der Waals surface area (Å²) in [7, 11) is -2.29. The number of thioether (sulfide) groups is 1. The number of aromatic nitrogens is 3. The van der Waals surface area contributed by atoms with Crippen LogP contribution < -0.4 is 5.32 Å². The molecule has 24 heavy (non-hydrogen) atoms. The first kappa shape index (κ1) is 18.4. The highest BCUT2D eigenvalue weighted by Crippen LogP contribution is 2.14. The van der Waals surface area contributed by atoms with Gasteiger partial charge < -0.3 is 5.32 Å². The predicted molar refractivity (Wildman–Crippen MR) is 91.1 cm³/mol. The molecule has 0 saturated carbocycles. The highest BCUT2D eigenvalue weighted by atomic mass is 32.2. The lowest BCUT2D eigenvalue weighted by Crippen LogP contribution is -2.39. The summed E-state index contributed by atoms with van der Waals surface area (Å²) in [6, 6.07) is 6.52. The van der Waals surface area contributed by atoms with Crippen LogP contribution in [-0.2, 0) is 14.8 Å². The highest BCUT2D eigenvalue weighted by molar-refractivity contribution is 7.99. The number of hydrogen-bond donors (Lipinski definition) is 2. The molecule has 0 radical (unpaired) electrons. The van der Waals surface area contributed by atoms with Crippen molar-refractivity contribution in [2.24, 2.45) is 0 Å². The van der Waals surface area contributed by atoms with Gasteiger partial charge in [0.15, 0.2) is 5.16 Å². The van der Waals surface area contributed by atoms with Crippen molar-refractivity contribution in [2.45, 2.75) is 17.0 Å². The number of sulfonamides is 1. The Morgan fingerprint density at radius 2 is 2.04 bits per heavy atom. The standard InChI is InChI=1S/C14H19N5O3S2/c1-11-3-5-12(6-4-11)24(21,22)19(2)9-13(20)15-7-8-23-14-16-10-17-18-14/h3-6,10H,7-9H2,1-2H3,(H,15,20)(H,16,17,18). The third-order valence-electron chi connectivity index (χ3n) is 3.15. The van der Waals surface area contributed by atoms with Crippen LogP contribution >= 0.6 is 11.8 Å². The van der Waals surface area contributed by atoms with E-state index in [1.54, 1.807) is 12.1 Å². The van der Waals surface area contributed by atoms with E-state index in [0.717, 1.165) is 9.87 Å². The normalized spacial score (nSPS) is 11.6. The van der Waals surface area contributed by atoms with Gasteiger partial charge in [0.1, 0.15) is 6.33 Å². The molecule has 0 spiro atoms. The van der Waals surface area contributed by atoms with Crippen LogP contribution in [0, 0.1) is 6.92 Å². The molecule has 1 heterocycles. The maximum absolute atomic E-state index is 12.4. The molecule has 0 aliphatic rings. The quantitative estimate of drug-likeness (QED) is 0.522. The van der Waals surface area contributed by atoms with Gasteiger partial charge >= 0.3 is 0 Å². The first-order valence-corrected chi connectivity index (χ1v) is 9.60. The van der Waals surface area contributed by atoms with E-state index in [1.165, 1.54) is 37.3 Å². The van der Waals surface area contributed by atoms with E-state index < -0.39 is 10.0 Å². The number of rotatable bonds is 8. The predicted octanol–water partition coefficient (Wildman–Crippen LogP) is 0.642. The molecule has 0 bridgehead atoms. The van der Waals surface area contributed by atoms with Crippen LogP contribution in [0.15, 0.2) is 40.6 Å². The molecule has 1 amide bonds. The monoisotopic (exact) mass is 369 g/mol. The summed E-state index contributed by atoms with van der Waals surface area (Å²) in [5.74, 6) is 0.251. The van der Waals surface area contributed by atoms with Crippen molar-refractivity contribution in [3.63, 3.8) is 0 Å². The number of benzene rings is 1. The average Bonchev–Trinajstić information content (AvgIpc) is 3.05. The minimum absolute atomic E-state index is 0.171. The molecule has 0 aliphatic carbocycles. The zero-order valence-electron chi connectivity index (χ0n) is 13.4. The van der Waals surface area contributed by atoms with Crippen molar-refractivity contribution in [1.29, 1.82) is 0 Å². The molecule has 8 nitrogen and oxygen atoms in total. The Hall–Kier alpha value is -1.91. The summed E-state index contributed by atoms with van der Waals surface area (Å²) in [4.78, 5) is 16.0. The summed E-state index contributed by atoms with van der Waals surface area (Å²) < 4.78 is 25.8. The van der Waals surface area contributed by atoms with Crippen molar-refractivity contribution in [2.75, 3.05) is 25.9 Å². The van der Waals surface area contributed by atoms with Crippen LogP contribution in [0.1, 0.15) is 5.56 Å². The first-order valence-electron chi connectivity index (χ1n) is 7.17. The molecule has 0 saturated heterocycles. The highest BCUT2D eigenvalue weighted by Gasteiger charge is 2.22. The molecule has 0 aliphatic heterocycles. The van der Waals surface area contributed by atoms with Crippen molar-refractivity contribution in [3.05, 3.63) is 36.2 Å².